The molecular formula is C26H26Br2N6O5. The van der Waals surface area contributed by atoms with Crippen molar-refractivity contribution < 1.29 is 14.6 Å². The molecule has 0 aliphatic heterocycles. The highest BCUT2D eigenvalue weighted by molar-refractivity contribution is 9.10. The first-order valence-corrected chi connectivity index (χ1v) is 13.2. The van der Waals surface area contributed by atoms with Gasteiger partial charge in [-0.15, -0.1) is 0 Å². The van der Waals surface area contributed by atoms with Crippen LogP contribution >= 0.6 is 31.9 Å². The Labute approximate surface area is 240 Å². The fourth-order valence-corrected chi connectivity index (χ4v) is 4.14. The molecule has 0 radical (unpaired) electrons. The number of aliphatic hydroxyl groups is 1. The summed E-state index contributed by atoms with van der Waals surface area (Å²) in [7, 11) is 3.30. The zero-order valence-electron chi connectivity index (χ0n) is 21.3. The molecule has 0 amide bonds. The molecule has 0 saturated carbocycles. The number of nitrogens with zero attached hydrogens (tertiary/aromatic N) is 4. The second-order valence-electron chi connectivity index (χ2n) is 8.06. The van der Waals surface area contributed by atoms with Gasteiger partial charge < -0.3 is 29.6 Å². The lowest BCUT2D eigenvalue weighted by molar-refractivity contribution is 0.0526. The van der Waals surface area contributed by atoms with E-state index in [1.165, 1.54) is 9.13 Å². The van der Waals surface area contributed by atoms with E-state index >= 15 is 0 Å². The normalized spacial score (nSPS) is 10.3. The summed E-state index contributed by atoms with van der Waals surface area (Å²) >= 11 is 6.48. The number of aryl methyl sites for hydroxylation is 2. The molecule has 4 rings (SSSR count). The fraction of sp³-hybridized carbons (Fsp3) is 0.192. The number of halogens is 2. The molecule has 11 nitrogen and oxygen atoms in total. The number of ether oxygens (including phenoxy) is 1. The molecule has 0 spiro atoms. The van der Waals surface area contributed by atoms with Crippen LogP contribution in [0.5, 0.6) is 0 Å². The van der Waals surface area contributed by atoms with Crippen LogP contribution in [-0.4, -0.2) is 36.8 Å². The third kappa shape index (κ3) is 8.34. The lowest BCUT2D eigenvalue weighted by Crippen LogP contribution is -2.21. The van der Waals surface area contributed by atoms with E-state index < -0.39 is 0 Å². The smallest absolute Gasteiger partial charge is 0.338 e. The predicted molar refractivity (Wildman–Crippen MR) is 156 cm³/mol. The molecule has 0 aliphatic carbocycles. The van der Waals surface area contributed by atoms with Crippen LogP contribution in [0.3, 0.4) is 0 Å². The summed E-state index contributed by atoms with van der Waals surface area (Å²) in [5.74, 6) is 0.0833. The number of carbonyl (C=O) groups excluding carboxylic acids is 1. The van der Waals surface area contributed by atoms with E-state index in [4.69, 9.17) is 9.84 Å². The average molecular weight is 662 g/mol. The Kier molecular flexibility index (Phi) is 10.5. The van der Waals surface area contributed by atoms with Gasteiger partial charge in [-0.25, -0.2) is 14.8 Å². The Morgan fingerprint density at radius 2 is 1.28 bits per heavy atom. The topological polar surface area (TPSA) is 140 Å². The highest BCUT2D eigenvalue weighted by Gasteiger charge is 2.09. The maximum Gasteiger partial charge on any atom is 0.338 e. The van der Waals surface area contributed by atoms with Gasteiger partial charge in [0.25, 0.3) is 11.1 Å². The van der Waals surface area contributed by atoms with Crippen LogP contribution in [-0.2, 0) is 25.4 Å². The third-order valence-corrected chi connectivity index (χ3v) is 5.91. The van der Waals surface area contributed by atoms with Crippen LogP contribution in [0.4, 0.5) is 23.0 Å². The summed E-state index contributed by atoms with van der Waals surface area (Å²) in [6.45, 7) is 2.08. The number of anilines is 4. The van der Waals surface area contributed by atoms with Crippen molar-refractivity contribution in [3.8, 4) is 0 Å². The van der Waals surface area contributed by atoms with Crippen molar-refractivity contribution in [3.05, 3.63) is 102 Å². The van der Waals surface area contributed by atoms with Crippen LogP contribution < -0.4 is 21.8 Å². The molecule has 2 heterocycles. The van der Waals surface area contributed by atoms with Gasteiger partial charge >= 0.3 is 5.97 Å². The summed E-state index contributed by atoms with van der Waals surface area (Å²) in [4.78, 5) is 43.5. The Morgan fingerprint density at radius 3 is 1.69 bits per heavy atom. The molecule has 0 aliphatic rings. The number of esters is 1. The van der Waals surface area contributed by atoms with Crippen molar-refractivity contribution in [2.24, 2.45) is 14.1 Å². The quantitative estimate of drug-likeness (QED) is 0.248. The number of hydrogen-bond acceptors (Lipinski definition) is 9. The summed E-state index contributed by atoms with van der Waals surface area (Å²) < 4.78 is 8.91. The van der Waals surface area contributed by atoms with Gasteiger partial charge in [0.2, 0.25) is 0 Å². The third-order valence-electron chi connectivity index (χ3n) is 5.14. The number of aliphatic hydroxyl groups excluding tert-OH is 1. The molecule has 0 unspecified atom stereocenters. The van der Waals surface area contributed by atoms with Gasteiger partial charge in [-0.2, -0.15) is 0 Å². The maximum atomic E-state index is 11.9. The highest BCUT2D eigenvalue weighted by Crippen LogP contribution is 2.16. The molecular weight excluding hydrogens is 636 g/mol. The molecule has 0 atom stereocenters. The zero-order chi connectivity index (χ0) is 28.5. The number of aromatic nitrogens is 4. The minimum Gasteiger partial charge on any atom is -0.462 e. The van der Waals surface area contributed by atoms with Crippen molar-refractivity contribution in [2.45, 2.75) is 13.5 Å². The number of rotatable bonds is 7. The lowest BCUT2D eigenvalue weighted by atomic mass is 10.2. The Balaban J connectivity index is 0.000000218. The van der Waals surface area contributed by atoms with Gasteiger partial charge in [-0.05, 0) is 80.7 Å². The van der Waals surface area contributed by atoms with Gasteiger partial charge in [-0.3, -0.25) is 9.59 Å². The van der Waals surface area contributed by atoms with E-state index in [9.17, 15) is 14.4 Å². The number of hydrogen-bond donors (Lipinski definition) is 3. The van der Waals surface area contributed by atoms with Gasteiger partial charge in [-0.1, -0.05) is 12.1 Å². The Hall–Kier alpha value is -3.81. The molecule has 204 valence electrons. The molecule has 2 aromatic heterocycles. The van der Waals surface area contributed by atoms with E-state index in [0.29, 0.717) is 27.1 Å². The second-order valence-corrected chi connectivity index (χ2v) is 9.68. The van der Waals surface area contributed by atoms with Crippen molar-refractivity contribution in [1.29, 1.82) is 0 Å². The molecule has 2 aromatic carbocycles. The van der Waals surface area contributed by atoms with Crippen LogP contribution in [0.25, 0.3) is 0 Å². The molecule has 0 saturated heterocycles. The van der Waals surface area contributed by atoms with Gasteiger partial charge in [0, 0.05) is 37.9 Å². The maximum absolute atomic E-state index is 11.9. The minimum absolute atomic E-state index is 0.00280. The van der Waals surface area contributed by atoms with E-state index in [2.05, 4.69) is 52.5 Å². The largest absolute Gasteiger partial charge is 0.462 e. The van der Waals surface area contributed by atoms with E-state index in [1.807, 2.05) is 0 Å². The summed E-state index contributed by atoms with van der Waals surface area (Å²) in [5, 5.41) is 14.8. The Bertz CT molecular complexity index is 1550. The van der Waals surface area contributed by atoms with Crippen molar-refractivity contribution in [1.82, 2.24) is 19.1 Å². The fourth-order valence-electron chi connectivity index (χ4n) is 3.17. The van der Waals surface area contributed by atoms with Crippen molar-refractivity contribution in [2.75, 3.05) is 17.2 Å². The van der Waals surface area contributed by atoms with Crippen molar-refractivity contribution in [3.63, 3.8) is 0 Å². The average Bonchev–Trinajstić information content (AvgIpc) is 2.91. The summed E-state index contributed by atoms with van der Waals surface area (Å²) in [6.07, 6.45) is 3.18. The first-order valence-electron chi connectivity index (χ1n) is 11.6. The molecule has 3 N–H and O–H groups in total. The standard InChI is InChI=1S/C14H14BrN3O3.C12H12BrN3O2/c1-3-21-14(20)9-4-6-10(7-5-9)16-12-13(19)18(2)8-11(15)17-12;1-16-6-10(13)15-11(12(16)18)14-9-4-2-8(7-17)3-5-9/h4-8H,3H2,1-2H3,(H,16,17);2-6,17H,7H2,1H3,(H,14,15). The Morgan fingerprint density at radius 1 is 0.846 bits per heavy atom. The first kappa shape index (κ1) is 29.7. The van der Waals surface area contributed by atoms with Crippen LogP contribution in [0.1, 0.15) is 22.8 Å². The predicted octanol–water partition coefficient (Wildman–Crippen LogP) is 4.24. The summed E-state index contributed by atoms with van der Waals surface area (Å²) in [6, 6.07) is 13.8. The molecule has 39 heavy (non-hydrogen) atoms. The van der Waals surface area contributed by atoms with Crippen LogP contribution in [0.2, 0.25) is 0 Å². The molecule has 0 fully saturated rings. The van der Waals surface area contributed by atoms with Crippen LogP contribution in [0.15, 0.2) is 79.7 Å². The number of carbonyl (C=O) groups is 1. The lowest BCUT2D eigenvalue weighted by Gasteiger charge is -2.08. The van der Waals surface area contributed by atoms with Crippen molar-refractivity contribution >= 4 is 60.8 Å². The number of nitrogens with one attached hydrogen (secondary N) is 2. The van der Waals surface area contributed by atoms with E-state index in [0.717, 1.165) is 11.3 Å². The molecule has 13 heteroatoms. The minimum atomic E-state index is -0.374. The van der Waals surface area contributed by atoms with E-state index in [1.54, 1.807) is 81.9 Å². The molecule has 0 bridgehead atoms. The summed E-state index contributed by atoms with van der Waals surface area (Å²) in [5.41, 5.74) is 2.23. The number of benzene rings is 2. The van der Waals surface area contributed by atoms with Gasteiger partial charge in [0.15, 0.2) is 11.6 Å². The molecule has 4 aromatic rings. The zero-order valence-corrected chi connectivity index (χ0v) is 24.5. The first-order chi connectivity index (χ1) is 18.6. The van der Waals surface area contributed by atoms with Gasteiger partial charge in [0.1, 0.15) is 9.21 Å². The van der Waals surface area contributed by atoms with E-state index in [-0.39, 0.29) is 35.3 Å². The second kappa shape index (κ2) is 13.8. The monoisotopic (exact) mass is 660 g/mol. The highest BCUT2D eigenvalue weighted by atomic mass is 79.9. The SMILES string of the molecule is CCOC(=O)c1ccc(Nc2nc(Br)cn(C)c2=O)cc1.Cn1cc(Br)nc(Nc2ccc(CO)cc2)c1=O. The van der Waals surface area contributed by atoms with Crippen LogP contribution in [0, 0.1) is 0 Å². The van der Waals surface area contributed by atoms with Gasteiger partial charge in [0.05, 0.1) is 18.8 Å².